The van der Waals surface area contributed by atoms with Crippen molar-refractivity contribution in [2.75, 3.05) is 5.88 Å². The van der Waals surface area contributed by atoms with Gasteiger partial charge in [0.15, 0.2) is 8.32 Å². The lowest BCUT2D eigenvalue weighted by Gasteiger charge is -2.37. The van der Waals surface area contributed by atoms with Gasteiger partial charge in [-0.05, 0) is 18.1 Å². The predicted molar refractivity (Wildman–Crippen MR) is 58.4 cm³/mol. The second-order valence-corrected chi connectivity index (χ2v) is 9.72. The zero-order valence-electron chi connectivity index (χ0n) is 9.02. The Morgan fingerprint density at radius 3 is 2.15 bits per heavy atom. The Bertz CT molecular complexity index is 205. The number of hydrogen-bond donors (Lipinski definition) is 0. The van der Waals surface area contributed by atoms with E-state index in [4.69, 9.17) is 21.3 Å². The Kier molecular flexibility index (Phi) is 4.44. The molecule has 13 heavy (non-hydrogen) atoms. The summed E-state index contributed by atoms with van der Waals surface area (Å²) >= 11 is 5.60. The molecule has 0 heterocycles. The fraction of sp³-hybridized carbons (Fsp3) is 0.889. The third kappa shape index (κ3) is 3.68. The fourth-order valence-electron chi connectivity index (χ4n) is 0.625. The van der Waals surface area contributed by atoms with Gasteiger partial charge >= 0.3 is 0 Å². The Morgan fingerprint density at radius 1 is 1.46 bits per heavy atom. The third-order valence-electron chi connectivity index (χ3n) is 2.53. The molecule has 0 amide bonds. The Hall–Kier alpha value is -0.0431. The number of alkyl halides is 1. The summed E-state index contributed by atoms with van der Waals surface area (Å²) in [5.41, 5.74) is 0. The topological polar surface area (TPSA) is 33.0 Å². The Balaban J connectivity index is 4.43. The lowest BCUT2D eigenvalue weighted by molar-refractivity contribution is 0.252. The van der Waals surface area contributed by atoms with E-state index in [1.54, 1.807) is 0 Å². The third-order valence-corrected chi connectivity index (χ3v) is 7.29. The first-order chi connectivity index (χ1) is 5.74. The maximum absolute atomic E-state index is 8.72. The Morgan fingerprint density at radius 2 is 1.92 bits per heavy atom. The number of nitriles is 1. The Labute approximate surface area is 87.0 Å². The highest BCUT2D eigenvalue weighted by atomic mass is 35.5. The average Bonchev–Trinajstić information content (AvgIpc) is 1.98. The van der Waals surface area contributed by atoms with Gasteiger partial charge in [0.25, 0.3) is 0 Å². The summed E-state index contributed by atoms with van der Waals surface area (Å²) in [6.45, 7) is 10.7. The summed E-state index contributed by atoms with van der Waals surface area (Å²) < 4.78 is 5.75. The molecule has 0 bridgehead atoms. The van der Waals surface area contributed by atoms with E-state index < -0.39 is 14.4 Å². The monoisotopic (exact) mass is 219 g/mol. The number of hydrogen-bond acceptors (Lipinski definition) is 2. The van der Waals surface area contributed by atoms with E-state index in [9.17, 15) is 0 Å². The predicted octanol–water partition coefficient (Wildman–Crippen LogP) is 3.14. The summed E-state index contributed by atoms with van der Waals surface area (Å²) in [6.07, 6.45) is -0.456. The molecule has 0 N–H and O–H groups in total. The number of rotatable bonds is 3. The molecule has 0 aliphatic rings. The van der Waals surface area contributed by atoms with E-state index in [0.29, 0.717) is 0 Å². The molecule has 2 nitrogen and oxygen atoms in total. The average molecular weight is 220 g/mol. The molecule has 4 heteroatoms. The van der Waals surface area contributed by atoms with Crippen molar-refractivity contribution in [2.45, 2.75) is 45.0 Å². The highest BCUT2D eigenvalue weighted by Crippen LogP contribution is 2.37. The van der Waals surface area contributed by atoms with Gasteiger partial charge in [0.2, 0.25) is 0 Å². The van der Waals surface area contributed by atoms with Crippen LogP contribution in [0.1, 0.15) is 20.8 Å². The fourth-order valence-corrected chi connectivity index (χ4v) is 2.06. The van der Waals surface area contributed by atoms with Crippen LogP contribution in [0.4, 0.5) is 0 Å². The molecule has 0 rings (SSSR count). The van der Waals surface area contributed by atoms with Gasteiger partial charge in [-0.3, -0.25) is 0 Å². The summed E-state index contributed by atoms with van der Waals surface area (Å²) in [6, 6.07) is 2.06. The number of nitrogens with zero attached hydrogens (tertiary/aromatic N) is 1. The van der Waals surface area contributed by atoms with Crippen LogP contribution >= 0.6 is 11.6 Å². The van der Waals surface area contributed by atoms with Crippen LogP contribution in [-0.2, 0) is 4.43 Å². The summed E-state index contributed by atoms with van der Waals surface area (Å²) in [4.78, 5) is 0. The minimum absolute atomic E-state index is 0.133. The van der Waals surface area contributed by atoms with Gasteiger partial charge in [-0.1, -0.05) is 20.8 Å². The van der Waals surface area contributed by atoms with Gasteiger partial charge in [-0.15, -0.1) is 11.6 Å². The van der Waals surface area contributed by atoms with Gasteiger partial charge in [0.05, 0.1) is 11.9 Å². The minimum atomic E-state index is -1.82. The molecule has 0 spiro atoms. The van der Waals surface area contributed by atoms with Gasteiger partial charge in [0, 0.05) is 0 Å². The van der Waals surface area contributed by atoms with E-state index >= 15 is 0 Å². The van der Waals surface area contributed by atoms with Crippen LogP contribution in [0.2, 0.25) is 18.1 Å². The first-order valence-electron chi connectivity index (χ1n) is 4.38. The molecule has 0 fully saturated rings. The summed E-state index contributed by atoms with van der Waals surface area (Å²) in [5, 5.41) is 8.85. The lowest BCUT2D eigenvalue weighted by atomic mass is 10.2. The van der Waals surface area contributed by atoms with E-state index in [2.05, 4.69) is 39.9 Å². The van der Waals surface area contributed by atoms with Crippen molar-refractivity contribution in [1.29, 1.82) is 5.26 Å². The molecular weight excluding hydrogens is 202 g/mol. The molecule has 76 valence electrons. The van der Waals surface area contributed by atoms with Gasteiger partial charge in [-0.25, -0.2) is 0 Å². The largest absolute Gasteiger partial charge is 0.400 e. The van der Waals surface area contributed by atoms with Crippen LogP contribution in [0.3, 0.4) is 0 Å². The van der Waals surface area contributed by atoms with Crippen molar-refractivity contribution in [3.05, 3.63) is 0 Å². The van der Waals surface area contributed by atoms with Crippen LogP contribution in [0.5, 0.6) is 0 Å². The molecule has 1 atom stereocenters. The first-order valence-corrected chi connectivity index (χ1v) is 7.82. The molecule has 0 radical (unpaired) electrons. The molecule has 0 aromatic carbocycles. The standard InChI is InChI=1S/C9H18ClNOSi/c1-9(2,3)13(4,5)12-8(6-10)7-11/h8H,6H2,1-5H3/t8-/m1/s1. The van der Waals surface area contributed by atoms with Crippen molar-refractivity contribution >= 4 is 19.9 Å². The minimum Gasteiger partial charge on any atom is -0.400 e. The van der Waals surface area contributed by atoms with Crippen LogP contribution in [0, 0.1) is 11.3 Å². The quantitative estimate of drug-likeness (QED) is 0.540. The van der Waals surface area contributed by atoms with Crippen molar-refractivity contribution in [3.63, 3.8) is 0 Å². The van der Waals surface area contributed by atoms with E-state index in [1.807, 2.05) is 0 Å². The molecule has 0 aromatic rings. The zero-order chi connectivity index (χ0) is 10.7. The van der Waals surface area contributed by atoms with Crippen LogP contribution in [0.15, 0.2) is 0 Å². The number of halogens is 1. The van der Waals surface area contributed by atoms with Gasteiger partial charge < -0.3 is 4.43 Å². The maximum atomic E-state index is 8.72. The van der Waals surface area contributed by atoms with Crippen molar-refractivity contribution in [1.82, 2.24) is 0 Å². The van der Waals surface area contributed by atoms with E-state index in [0.717, 1.165) is 0 Å². The molecule has 0 saturated carbocycles. The highest BCUT2D eigenvalue weighted by molar-refractivity contribution is 6.74. The molecule has 0 saturated heterocycles. The zero-order valence-corrected chi connectivity index (χ0v) is 10.8. The van der Waals surface area contributed by atoms with E-state index in [1.165, 1.54) is 0 Å². The van der Waals surface area contributed by atoms with Crippen molar-refractivity contribution in [2.24, 2.45) is 0 Å². The normalized spacial score (nSPS) is 15.2. The van der Waals surface area contributed by atoms with Crippen LogP contribution in [-0.4, -0.2) is 20.3 Å². The smallest absolute Gasteiger partial charge is 0.193 e. The molecule has 0 aliphatic heterocycles. The first kappa shape index (κ1) is 13.0. The van der Waals surface area contributed by atoms with Crippen LogP contribution < -0.4 is 0 Å². The molecule has 0 aliphatic carbocycles. The SMILES string of the molecule is CC(C)(C)[Si](C)(C)O[C@@H](C#N)CCl. The molecular formula is C9H18ClNOSi. The second-order valence-electron chi connectivity index (χ2n) is 4.65. The van der Waals surface area contributed by atoms with Crippen molar-refractivity contribution in [3.8, 4) is 6.07 Å². The maximum Gasteiger partial charge on any atom is 0.193 e. The summed E-state index contributed by atoms with van der Waals surface area (Å²) in [7, 11) is -1.82. The highest BCUT2D eigenvalue weighted by Gasteiger charge is 2.39. The lowest BCUT2D eigenvalue weighted by Crippen LogP contribution is -2.44. The van der Waals surface area contributed by atoms with Crippen molar-refractivity contribution < 1.29 is 4.43 Å². The molecule has 0 aromatic heterocycles. The molecule has 0 unspecified atom stereocenters. The van der Waals surface area contributed by atoms with E-state index in [-0.39, 0.29) is 10.9 Å². The summed E-state index contributed by atoms with van der Waals surface area (Å²) in [5.74, 6) is 0.253. The van der Waals surface area contributed by atoms with Gasteiger partial charge in [-0.2, -0.15) is 5.26 Å². The van der Waals surface area contributed by atoms with Gasteiger partial charge in [0.1, 0.15) is 6.10 Å². The second kappa shape index (κ2) is 4.45. The van der Waals surface area contributed by atoms with Crippen LogP contribution in [0.25, 0.3) is 0 Å².